The smallest absolute Gasteiger partial charge is 0.208 e. The molecule has 7 nitrogen and oxygen atoms in total. The maximum Gasteiger partial charge on any atom is 0.208 e. The number of hydrogen-bond donors (Lipinski definition) is 0. The summed E-state index contributed by atoms with van der Waals surface area (Å²) in [4.78, 5) is 13.4. The zero-order valence-electron chi connectivity index (χ0n) is 13.8. The van der Waals surface area contributed by atoms with E-state index in [1.54, 1.807) is 24.8 Å². The Labute approximate surface area is 145 Å². The van der Waals surface area contributed by atoms with Crippen LogP contribution in [0.4, 0.5) is 10.9 Å². The summed E-state index contributed by atoms with van der Waals surface area (Å²) < 4.78 is 5.13. The molecule has 2 aromatic rings. The van der Waals surface area contributed by atoms with Gasteiger partial charge in [-0.1, -0.05) is 11.3 Å². The van der Waals surface area contributed by atoms with E-state index in [0.29, 0.717) is 18.7 Å². The first-order chi connectivity index (χ1) is 11.8. The van der Waals surface area contributed by atoms with E-state index >= 15 is 0 Å². The highest BCUT2D eigenvalue weighted by Gasteiger charge is 2.36. The lowest BCUT2D eigenvalue weighted by Gasteiger charge is -2.39. The van der Waals surface area contributed by atoms with E-state index in [2.05, 4.69) is 30.0 Å². The molecule has 1 saturated heterocycles. The maximum atomic E-state index is 5.13. The molecule has 0 radical (unpaired) electrons. The van der Waals surface area contributed by atoms with Crippen molar-refractivity contribution in [3.05, 3.63) is 23.6 Å². The van der Waals surface area contributed by atoms with E-state index in [1.807, 2.05) is 12.3 Å². The molecule has 0 amide bonds. The van der Waals surface area contributed by atoms with Gasteiger partial charge in [0.25, 0.3) is 0 Å². The van der Waals surface area contributed by atoms with Crippen molar-refractivity contribution >= 4 is 22.3 Å². The van der Waals surface area contributed by atoms with E-state index < -0.39 is 0 Å². The molecule has 2 aromatic heterocycles. The van der Waals surface area contributed by atoms with E-state index in [-0.39, 0.29) is 0 Å². The Kier molecular flexibility index (Phi) is 4.57. The number of rotatable bonds is 6. The lowest BCUT2D eigenvalue weighted by atomic mass is 10.0. The van der Waals surface area contributed by atoms with Crippen molar-refractivity contribution in [1.82, 2.24) is 20.2 Å². The number of aromatic nitrogens is 4. The summed E-state index contributed by atoms with van der Waals surface area (Å²) in [5, 5.41) is 10.5. The Morgan fingerprint density at radius 1 is 1.21 bits per heavy atom. The van der Waals surface area contributed by atoms with Gasteiger partial charge in [0.1, 0.15) is 23.8 Å². The summed E-state index contributed by atoms with van der Waals surface area (Å²) in [6.07, 6.45) is 8.30. The second-order valence-corrected chi connectivity index (χ2v) is 7.38. The van der Waals surface area contributed by atoms with Gasteiger partial charge < -0.3 is 14.5 Å². The van der Waals surface area contributed by atoms with Crippen LogP contribution in [0.25, 0.3) is 0 Å². The molecular weight excluding hydrogens is 324 g/mol. The van der Waals surface area contributed by atoms with Gasteiger partial charge in [-0.3, -0.25) is 0 Å². The largest absolute Gasteiger partial charge is 0.377 e. The molecule has 0 unspecified atom stereocenters. The van der Waals surface area contributed by atoms with Gasteiger partial charge >= 0.3 is 0 Å². The van der Waals surface area contributed by atoms with E-state index in [1.165, 1.54) is 12.8 Å². The molecule has 1 aliphatic heterocycles. The molecule has 1 aliphatic carbocycles. The summed E-state index contributed by atoms with van der Waals surface area (Å²) in [5.74, 6) is 1.07. The highest BCUT2D eigenvalue weighted by molar-refractivity contribution is 7.15. The predicted molar refractivity (Wildman–Crippen MR) is 93.4 cm³/mol. The molecular formula is C16H22N6OS. The number of methoxy groups -OCH3 is 1. The van der Waals surface area contributed by atoms with Gasteiger partial charge in [-0.2, -0.15) is 0 Å². The quantitative estimate of drug-likeness (QED) is 0.793. The molecule has 0 bridgehead atoms. The van der Waals surface area contributed by atoms with Crippen molar-refractivity contribution in [2.75, 3.05) is 30.0 Å². The molecule has 8 heteroatoms. The summed E-state index contributed by atoms with van der Waals surface area (Å²) in [6, 6.07) is 3.24. The van der Waals surface area contributed by atoms with Crippen molar-refractivity contribution in [2.24, 2.45) is 0 Å². The fourth-order valence-corrected chi connectivity index (χ4v) is 4.21. The van der Waals surface area contributed by atoms with Gasteiger partial charge in [0.15, 0.2) is 0 Å². The van der Waals surface area contributed by atoms with Crippen LogP contribution < -0.4 is 9.80 Å². The summed E-state index contributed by atoms with van der Waals surface area (Å²) in [6.45, 7) is 2.57. The lowest BCUT2D eigenvalue weighted by molar-refractivity contribution is 0.184. The second-order valence-electron chi connectivity index (χ2n) is 6.34. The number of hydrogen-bond acceptors (Lipinski definition) is 8. The average molecular weight is 346 g/mol. The first kappa shape index (κ1) is 15.7. The summed E-state index contributed by atoms with van der Waals surface area (Å²) in [5.41, 5.74) is 0. The maximum absolute atomic E-state index is 5.13. The van der Waals surface area contributed by atoms with Gasteiger partial charge in [-0.15, -0.1) is 10.2 Å². The van der Waals surface area contributed by atoms with E-state index in [9.17, 15) is 0 Å². The van der Waals surface area contributed by atoms with Crippen LogP contribution in [0.15, 0.2) is 18.6 Å². The van der Waals surface area contributed by atoms with Crippen molar-refractivity contribution in [3.8, 4) is 0 Å². The standard InChI is InChI=1S/C16H22N6OS/c1-23-10-15-19-20-16(24-15)21-8-5-13(6-9-21)22(12-2-3-12)14-4-7-17-11-18-14/h4,7,11-13H,2-3,5-6,8-10H2,1H3. The van der Waals surface area contributed by atoms with Crippen molar-refractivity contribution < 1.29 is 4.74 Å². The van der Waals surface area contributed by atoms with Gasteiger partial charge in [-0.25, -0.2) is 9.97 Å². The van der Waals surface area contributed by atoms with Gasteiger partial charge in [-0.05, 0) is 31.7 Å². The topological polar surface area (TPSA) is 67.3 Å². The van der Waals surface area contributed by atoms with Crippen molar-refractivity contribution in [2.45, 2.75) is 44.4 Å². The van der Waals surface area contributed by atoms with Crippen LogP contribution in [0.1, 0.15) is 30.7 Å². The second kappa shape index (κ2) is 6.98. The Hall–Kier alpha value is -1.80. The number of ether oxygens (including phenoxy) is 1. The Bertz CT molecular complexity index is 654. The third kappa shape index (κ3) is 3.34. The first-order valence-corrected chi connectivity index (χ1v) is 9.27. The van der Waals surface area contributed by atoms with Crippen LogP contribution in [0, 0.1) is 0 Å². The van der Waals surface area contributed by atoms with Crippen LogP contribution in [0.2, 0.25) is 0 Å². The molecule has 0 spiro atoms. The minimum atomic E-state index is 0.539. The van der Waals surface area contributed by atoms with Gasteiger partial charge in [0, 0.05) is 38.5 Å². The average Bonchev–Trinajstić information content (AvgIpc) is 3.35. The van der Waals surface area contributed by atoms with Crippen molar-refractivity contribution in [1.29, 1.82) is 0 Å². The van der Waals surface area contributed by atoms with Crippen LogP contribution in [-0.4, -0.2) is 52.4 Å². The fraction of sp³-hybridized carbons (Fsp3) is 0.625. The fourth-order valence-electron chi connectivity index (χ4n) is 3.35. The highest BCUT2D eigenvalue weighted by atomic mass is 32.1. The Morgan fingerprint density at radius 2 is 2.00 bits per heavy atom. The molecule has 0 aromatic carbocycles. The summed E-state index contributed by atoms with van der Waals surface area (Å²) in [7, 11) is 1.69. The minimum absolute atomic E-state index is 0.539. The number of piperidine rings is 1. The van der Waals surface area contributed by atoms with Crippen molar-refractivity contribution in [3.63, 3.8) is 0 Å². The monoisotopic (exact) mass is 346 g/mol. The normalized spacial score (nSPS) is 18.8. The molecule has 0 atom stereocenters. The van der Waals surface area contributed by atoms with E-state index in [0.717, 1.165) is 41.9 Å². The molecule has 2 aliphatic rings. The Balaban J connectivity index is 1.41. The third-order valence-electron chi connectivity index (χ3n) is 4.62. The molecule has 1 saturated carbocycles. The lowest BCUT2D eigenvalue weighted by Crippen LogP contribution is -2.46. The minimum Gasteiger partial charge on any atom is -0.377 e. The predicted octanol–water partition coefficient (Wildman–Crippen LogP) is 2.11. The third-order valence-corrected chi connectivity index (χ3v) is 5.58. The molecule has 3 heterocycles. The zero-order valence-corrected chi connectivity index (χ0v) is 14.7. The molecule has 0 N–H and O–H groups in total. The van der Waals surface area contributed by atoms with Gasteiger partial charge in [0.05, 0.1) is 0 Å². The number of nitrogens with zero attached hydrogens (tertiary/aromatic N) is 6. The van der Waals surface area contributed by atoms with Crippen LogP contribution in [0.5, 0.6) is 0 Å². The van der Waals surface area contributed by atoms with Crippen LogP contribution >= 0.6 is 11.3 Å². The number of anilines is 2. The van der Waals surface area contributed by atoms with Crippen LogP contribution in [-0.2, 0) is 11.3 Å². The zero-order chi connectivity index (χ0) is 16.4. The Morgan fingerprint density at radius 3 is 2.67 bits per heavy atom. The SMILES string of the molecule is COCc1nnc(N2CCC(N(c3ccncn3)C3CC3)CC2)s1. The molecule has 128 valence electrons. The molecule has 24 heavy (non-hydrogen) atoms. The van der Waals surface area contributed by atoms with E-state index in [4.69, 9.17) is 4.74 Å². The first-order valence-electron chi connectivity index (χ1n) is 8.46. The highest BCUT2D eigenvalue weighted by Crippen LogP contribution is 2.35. The van der Waals surface area contributed by atoms with Gasteiger partial charge in [0.2, 0.25) is 5.13 Å². The molecule has 2 fully saturated rings. The molecule has 4 rings (SSSR count). The summed E-state index contributed by atoms with van der Waals surface area (Å²) >= 11 is 1.63. The van der Waals surface area contributed by atoms with Crippen LogP contribution in [0.3, 0.4) is 0 Å².